The van der Waals surface area contributed by atoms with Gasteiger partial charge in [-0.3, -0.25) is 14.4 Å². The Hall–Kier alpha value is -4.24. The van der Waals surface area contributed by atoms with Gasteiger partial charge in [-0.1, -0.05) is 36.4 Å². The van der Waals surface area contributed by atoms with E-state index in [2.05, 4.69) is 20.9 Å². The van der Waals surface area contributed by atoms with Gasteiger partial charge in [0.25, 0.3) is 11.8 Å². The molecule has 5 N–H and O–H groups in total. The highest BCUT2D eigenvalue weighted by atomic mass is 32.1. The Balaban J connectivity index is 1.42. The maximum Gasteiger partial charge on any atom is 0.257 e. The van der Waals surface area contributed by atoms with Gasteiger partial charge in [-0.15, -0.1) is 11.3 Å². The van der Waals surface area contributed by atoms with E-state index in [1.54, 1.807) is 6.07 Å². The summed E-state index contributed by atoms with van der Waals surface area (Å²) >= 11 is 1.50. The van der Waals surface area contributed by atoms with Gasteiger partial charge in [0.05, 0.1) is 16.8 Å². The van der Waals surface area contributed by atoms with Crippen LogP contribution in [0.3, 0.4) is 0 Å². The van der Waals surface area contributed by atoms with Crippen molar-refractivity contribution < 1.29 is 14.4 Å². The second kappa shape index (κ2) is 9.79. The number of fused-ring (bicyclic) bond motifs is 1. The summed E-state index contributed by atoms with van der Waals surface area (Å²) in [5.74, 6) is -0.743. The Bertz CT molecular complexity index is 1480. The molecule has 182 valence electrons. The van der Waals surface area contributed by atoms with Crippen LogP contribution in [0.25, 0.3) is 10.1 Å². The lowest BCUT2D eigenvalue weighted by atomic mass is 9.80. The van der Waals surface area contributed by atoms with E-state index < -0.39 is 0 Å². The number of hydrogen-bond acceptors (Lipinski definition) is 6. The van der Waals surface area contributed by atoms with Crippen molar-refractivity contribution >= 4 is 56.3 Å². The summed E-state index contributed by atoms with van der Waals surface area (Å²) in [4.78, 5) is 41.9. The first-order valence-electron chi connectivity index (χ1n) is 11.6. The molecule has 4 aromatic rings. The molecule has 1 saturated carbocycles. The molecule has 0 unspecified atom stereocenters. The Labute approximate surface area is 211 Å². The van der Waals surface area contributed by atoms with Crippen LogP contribution in [0.15, 0.2) is 66.2 Å². The summed E-state index contributed by atoms with van der Waals surface area (Å²) in [6.45, 7) is 1.97. The summed E-state index contributed by atoms with van der Waals surface area (Å²) in [6.07, 6.45) is 2.52. The fourth-order valence-electron chi connectivity index (χ4n) is 4.20. The van der Waals surface area contributed by atoms with E-state index >= 15 is 0 Å². The number of aryl methyl sites for hydroxylation is 1. The minimum atomic E-state index is -0.347. The lowest BCUT2D eigenvalue weighted by molar-refractivity contribution is -0.124. The van der Waals surface area contributed by atoms with Crippen molar-refractivity contribution in [3.8, 4) is 0 Å². The fraction of sp³-hybridized carbons (Fsp3) is 0.185. The normalized spacial score (nSPS) is 16.7. The number of para-hydroxylation sites is 1. The number of hydrogen-bond donors (Lipinski definition) is 4. The number of amides is 3. The Kier molecular flexibility index (Phi) is 6.39. The number of anilines is 3. The van der Waals surface area contributed by atoms with Gasteiger partial charge in [-0.05, 0) is 43.5 Å². The standard InChI is InChI=1S/C27H25N5O3S/c1-15-6-2-4-8-21(15)31-25-22(32-27(35)20-14-36-23-9-5-3-7-19(20)23)12-17(13-29-25)26(34)30-18-10-16(11-18)24(28)33/h2-9,12-14,16,18H,10-11H2,1H3,(H2,28,33)(H,29,31)(H,30,34)(H,32,35)/t16-,18+. The molecule has 0 saturated heterocycles. The van der Waals surface area contributed by atoms with Crippen LogP contribution in [-0.2, 0) is 4.79 Å². The number of primary amides is 1. The Morgan fingerprint density at radius 2 is 1.75 bits per heavy atom. The summed E-state index contributed by atoms with van der Waals surface area (Å²) < 4.78 is 1.02. The van der Waals surface area contributed by atoms with Crippen molar-refractivity contribution in [3.05, 3.63) is 82.9 Å². The van der Waals surface area contributed by atoms with E-state index in [1.165, 1.54) is 17.5 Å². The van der Waals surface area contributed by atoms with Crippen LogP contribution in [0.2, 0.25) is 0 Å². The molecule has 0 radical (unpaired) electrons. The molecule has 2 aromatic carbocycles. The van der Waals surface area contributed by atoms with Crippen LogP contribution in [0.1, 0.15) is 39.1 Å². The summed E-state index contributed by atoms with van der Waals surface area (Å²) in [7, 11) is 0. The van der Waals surface area contributed by atoms with E-state index in [0.717, 1.165) is 21.3 Å². The molecule has 2 heterocycles. The molecule has 0 aliphatic heterocycles. The number of thiophene rings is 1. The number of benzene rings is 2. The molecule has 2 aromatic heterocycles. The molecule has 1 aliphatic rings. The number of nitrogens with one attached hydrogen (secondary N) is 3. The minimum Gasteiger partial charge on any atom is -0.369 e. The van der Waals surface area contributed by atoms with Gasteiger partial charge in [-0.2, -0.15) is 0 Å². The average Bonchev–Trinajstić information content (AvgIpc) is 3.27. The van der Waals surface area contributed by atoms with Crippen LogP contribution < -0.4 is 21.7 Å². The summed E-state index contributed by atoms with van der Waals surface area (Å²) in [6, 6.07) is 16.9. The van der Waals surface area contributed by atoms with Gasteiger partial charge in [-0.25, -0.2) is 4.98 Å². The van der Waals surface area contributed by atoms with E-state index in [4.69, 9.17) is 5.73 Å². The Morgan fingerprint density at radius 1 is 1.00 bits per heavy atom. The first-order valence-corrected chi connectivity index (χ1v) is 12.5. The number of aromatic nitrogens is 1. The molecule has 1 fully saturated rings. The number of carbonyl (C=O) groups is 3. The topological polar surface area (TPSA) is 126 Å². The van der Waals surface area contributed by atoms with E-state index in [-0.39, 0.29) is 29.7 Å². The SMILES string of the molecule is Cc1ccccc1Nc1ncc(C(=O)N[C@H]2C[C@@H](C(N)=O)C2)cc1NC(=O)c1csc2ccccc12. The van der Waals surface area contributed by atoms with Gasteiger partial charge in [0.15, 0.2) is 5.82 Å². The van der Waals surface area contributed by atoms with Crippen molar-refractivity contribution in [3.63, 3.8) is 0 Å². The van der Waals surface area contributed by atoms with Crippen LogP contribution in [0.5, 0.6) is 0 Å². The molecular formula is C27H25N5O3S. The molecule has 1 aliphatic carbocycles. The zero-order chi connectivity index (χ0) is 25.2. The van der Waals surface area contributed by atoms with Crippen molar-refractivity contribution in [2.75, 3.05) is 10.6 Å². The first kappa shape index (κ1) is 23.5. The highest BCUT2D eigenvalue weighted by Crippen LogP contribution is 2.31. The maximum absolute atomic E-state index is 13.3. The van der Waals surface area contributed by atoms with Crippen molar-refractivity contribution in [1.82, 2.24) is 10.3 Å². The molecule has 0 bridgehead atoms. The molecular weight excluding hydrogens is 474 g/mol. The Morgan fingerprint density at radius 3 is 2.53 bits per heavy atom. The second-order valence-electron chi connectivity index (χ2n) is 8.90. The lowest BCUT2D eigenvalue weighted by Gasteiger charge is -2.33. The predicted molar refractivity (Wildman–Crippen MR) is 142 cm³/mol. The van der Waals surface area contributed by atoms with Crippen molar-refractivity contribution in [1.29, 1.82) is 0 Å². The third-order valence-corrected chi connectivity index (χ3v) is 7.36. The number of nitrogens with two attached hydrogens (primary N) is 1. The zero-order valence-corrected chi connectivity index (χ0v) is 20.4. The maximum atomic E-state index is 13.3. The number of nitrogens with zero attached hydrogens (tertiary/aromatic N) is 1. The van der Waals surface area contributed by atoms with Crippen LogP contribution in [-0.4, -0.2) is 28.7 Å². The summed E-state index contributed by atoms with van der Waals surface area (Å²) in [5.41, 5.74) is 8.42. The van der Waals surface area contributed by atoms with Crippen LogP contribution in [0.4, 0.5) is 17.2 Å². The monoisotopic (exact) mass is 499 g/mol. The van der Waals surface area contributed by atoms with Gasteiger partial charge >= 0.3 is 0 Å². The molecule has 0 atom stereocenters. The number of pyridine rings is 1. The molecule has 5 rings (SSSR count). The van der Waals surface area contributed by atoms with Gasteiger partial charge in [0, 0.05) is 39.3 Å². The predicted octanol–water partition coefficient (Wildman–Crippen LogP) is 4.59. The number of rotatable bonds is 7. The van der Waals surface area contributed by atoms with Crippen molar-refractivity contribution in [2.45, 2.75) is 25.8 Å². The third kappa shape index (κ3) is 4.78. The zero-order valence-electron chi connectivity index (χ0n) is 19.6. The third-order valence-electron chi connectivity index (χ3n) is 6.40. The smallest absolute Gasteiger partial charge is 0.257 e. The molecule has 9 heteroatoms. The fourth-order valence-corrected chi connectivity index (χ4v) is 5.15. The lowest BCUT2D eigenvalue weighted by Crippen LogP contribution is -2.48. The number of carbonyl (C=O) groups excluding carboxylic acids is 3. The molecule has 8 nitrogen and oxygen atoms in total. The molecule has 0 spiro atoms. The summed E-state index contributed by atoms with van der Waals surface area (Å²) in [5, 5.41) is 11.8. The van der Waals surface area contributed by atoms with Crippen LogP contribution >= 0.6 is 11.3 Å². The highest BCUT2D eigenvalue weighted by molar-refractivity contribution is 7.17. The average molecular weight is 500 g/mol. The second-order valence-corrected chi connectivity index (χ2v) is 9.81. The quantitative estimate of drug-likeness (QED) is 0.296. The van der Waals surface area contributed by atoms with Gasteiger partial charge in [0.1, 0.15) is 0 Å². The van der Waals surface area contributed by atoms with E-state index in [1.807, 2.05) is 60.8 Å². The van der Waals surface area contributed by atoms with Crippen molar-refractivity contribution in [2.24, 2.45) is 11.7 Å². The molecule has 3 amide bonds. The van der Waals surface area contributed by atoms with Gasteiger partial charge < -0.3 is 21.7 Å². The first-order chi connectivity index (χ1) is 17.4. The van der Waals surface area contributed by atoms with Gasteiger partial charge in [0.2, 0.25) is 5.91 Å². The largest absolute Gasteiger partial charge is 0.369 e. The highest BCUT2D eigenvalue weighted by Gasteiger charge is 2.34. The van der Waals surface area contributed by atoms with E-state index in [0.29, 0.717) is 35.5 Å². The molecule has 36 heavy (non-hydrogen) atoms. The van der Waals surface area contributed by atoms with E-state index in [9.17, 15) is 14.4 Å². The minimum absolute atomic E-state index is 0.116. The van der Waals surface area contributed by atoms with Crippen LogP contribution in [0, 0.1) is 12.8 Å².